The Morgan fingerprint density at radius 1 is 0.270 bits per heavy atom. The first-order chi connectivity index (χ1) is 65.3. The van der Waals surface area contributed by atoms with E-state index < -0.39 is 81.4 Å². The molecule has 4 heterocycles. The number of nitrogens with one attached hydrogen (secondary N) is 8. The molecule has 12 aromatic rings. The summed E-state index contributed by atoms with van der Waals surface area (Å²) in [5, 5.41) is 23.3. The first-order valence-corrected chi connectivity index (χ1v) is 49.9. The zero-order chi connectivity index (χ0) is 98.0. The van der Waals surface area contributed by atoms with E-state index in [1.165, 1.54) is 124 Å². The molecule has 4 aliphatic heterocycles. The molecule has 4 saturated heterocycles. The van der Waals surface area contributed by atoms with Gasteiger partial charge in [0.05, 0.1) is 136 Å². The van der Waals surface area contributed by atoms with Crippen LogP contribution in [0.25, 0.3) is 0 Å². The molecule has 32 nitrogen and oxygen atoms in total. The Morgan fingerprint density at radius 3 is 0.883 bits per heavy atom. The van der Waals surface area contributed by atoms with Crippen LogP contribution in [0.2, 0.25) is 35.2 Å². The van der Waals surface area contributed by atoms with Crippen molar-refractivity contribution in [2.45, 2.75) is 6.92 Å². The van der Waals surface area contributed by atoms with Crippen LogP contribution in [0.1, 0.15) is 88.4 Å². The van der Waals surface area contributed by atoms with Crippen molar-refractivity contribution in [2.24, 2.45) is 0 Å². The molecule has 0 aliphatic carbocycles. The molecule has 12 aromatic carbocycles. The van der Waals surface area contributed by atoms with Crippen molar-refractivity contribution in [2.75, 3.05) is 136 Å². The smallest absolute Gasteiger partial charge is 0.257 e. The number of hydrogen-bond acceptors (Lipinski definition) is 20. The van der Waals surface area contributed by atoms with Gasteiger partial charge in [0.25, 0.3) is 47.3 Å². The van der Waals surface area contributed by atoms with E-state index in [1.54, 1.807) is 127 Å². The molecule has 8 amide bonds. The summed E-state index contributed by atoms with van der Waals surface area (Å²) in [4.78, 5) is 101. The number of sulfonamides is 4. The van der Waals surface area contributed by atoms with Gasteiger partial charge >= 0.3 is 0 Å². The molecule has 0 bridgehead atoms. The van der Waals surface area contributed by atoms with Gasteiger partial charge in [0.1, 0.15) is 32.7 Å². The lowest BCUT2D eigenvalue weighted by atomic mass is 10.1. The number of aryl methyl sites for hydroxylation is 1. The number of amides is 8. The number of ether oxygens (including phenoxy) is 4. The standard InChI is InChI=1S/C24H22ClN3O5S.C23H18Cl3N3O5S.C23H18Cl2FN3O5S.C23H20ClN3O5S/c1-16-3-2-4-18(13-16)24(30)27-22-14-19(7-10-21(22)25)26-23(29)17-5-8-20(9-6-17)28-15-33-11-12-34(28,31)32;24-15-3-1-2-14(10-15)22(30)28-21-11-16(4-7-19(21)25)27-23(31)18-6-5-17(12-20(18)26)29-13-34-8-9-35(29,32)33;24-19-7-4-16(11-21(19)28-22(30)14-2-1-3-15(26)10-14)27-23(31)18-6-5-17(12-20(18)25)29-13-34-8-9-35(29,32)33;24-20-11-8-18(14-21(20)26-23(29)16-4-2-1-3-5-16)25-22(28)17-6-9-19(10-7-17)27-15-32-12-13-33(27,30)31/h2-10,13-14H,11-12,15H2,1H3,(H,26,29)(H,27,30);2*1-7,10-12H,8-9,13H2,(H,27,31)(H,28,30);1-11,14H,12-13,15H2,(H,25,28)(H,26,29). The quantitative estimate of drug-likeness (QED) is 0.0351. The minimum atomic E-state index is -3.54. The summed E-state index contributed by atoms with van der Waals surface area (Å²) >= 11 is 43.3. The molecule has 44 heteroatoms. The van der Waals surface area contributed by atoms with Crippen molar-refractivity contribution >= 4 is 237 Å². The van der Waals surface area contributed by atoms with Crippen LogP contribution < -0.4 is 59.8 Å². The van der Waals surface area contributed by atoms with E-state index in [-0.39, 0.29) is 142 Å². The number of rotatable bonds is 20. The zero-order valence-corrected chi connectivity index (χ0v) is 80.0. The monoisotopic (exact) mass is 2070 g/mol. The van der Waals surface area contributed by atoms with Crippen molar-refractivity contribution in [3.63, 3.8) is 0 Å². The van der Waals surface area contributed by atoms with Gasteiger partial charge in [-0.15, -0.1) is 0 Å². The number of hydrogen-bond donors (Lipinski definition) is 8. The third-order valence-corrected chi connectivity index (χ3v) is 29.2. The van der Waals surface area contributed by atoms with Gasteiger partial charge < -0.3 is 61.5 Å². The van der Waals surface area contributed by atoms with E-state index in [4.69, 9.17) is 100 Å². The second kappa shape index (κ2) is 45.4. The van der Waals surface area contributed by atoms with Crippen LogP contribution in [0.3, 0.4) is 0 Å². The molecule has 0 saturated carbocycles. The summed E-state index contributed by atoms with van der Waals surface area (Å²) in [6.45, 7) is 2.06. The van der Waals surface area contributed by atoms with E-state index >= 15 is 0 Å². The predicted octanol–water partition coefficient (Wildman–Crippen LogP) is 18.3. The Bertz CT molecular complexity index is 6930. The van der Waals surface area contributed by atoms with E-state index in [1.807, 2.05) is 19.1 Å². The minimum Gasteiger partial charge on any atom is -0.359 e. The second-order valence-electron chi connectivity index (χ2n) is 29.9. The van der Waals surface area contributed by atoms with E-state index in [9.17, 15) is 76.4 Å². The minimum absolute atomic E-state index is 0.0365. The van der Waals surface area contributed by atoms with Gasteiger partial charge in [-0.2, -0.15) is 0 Å². The number of benzene rings is 12. The van der Waals surface area contributed by atoms with Crippen LogP contribution in [0.5, 0.6) is 0 Å². The van der Waals surface area contributed by atoms with Crippen LogP contribution in [-0.2, 0) is 59.0 Å². The SMILES string of the molecule is Cc1cccc(C(=O)Nc2cc(NC(=O)c3ccc(N4COCCS4(=O)=O)cc3)ccc2Cl)c1.O=C(Nc1cc(NC(=O)c2ccc(N3COCCS3(=O)=O)cc2Cl)ccc1Cl)c1cccc(Cl)c1.O=C(Nc1cc(NC(=O)c2ccc(N3COCCS3(=O)=O)cc2Cl)ccc1Cl)c1cccc(F)c1.O=C(Nc1ccc(Cl)c(NC(=O)c2ccccc2)c1)c1ccc(N2COCCS2(=O)=O)cc1. The van der Waals surface area contributed by atoms with Crippen molar-refractivity contribution in [1.29, 1.82) is 0 Å². The molecule has 0 spiro atoms. The summed E-state index contributed by atoms with van der Waals surface area (Å²) < 4.78 is 137. The van der Waals surface area contributed by atoms with Gasteiger partial charge in [0.15, 0.2) is 0 Å². The number of carbonyl (C=O) groups excluding carboxylic acids is 8. The summed E-state index contributed by atoms with van der Waals surface area (Å²) in [5.41, 5.74) is 7.41. The van der Waals surface area contributed by atoms with Crippen molar-refractivity contribution in [3.8, 4) is 0 Å². The van der Waals surface area contributed by atoms with Crippen LogP contribution in [0, 0.1) is 12.7 Å². The number of halogens is 8. The van der Waals surface area contributed by atoms with E-state index in [2.05, 4.69) is 42.5 Å². The maximum Gasteiger partial charge on any atom is 0.257 e. The molecule has 137 heavy (non-hydrogen) atoms. The Kier molecular flexibility index (Phi) is 33.7. The maximum absolute atomic E-state index is 13.4. The Hall–Kier alpha value is -12.8. The number of carbonyl (C=O) groups is 8. The third-order valence-electron chi connectivity index (χ3n) is 20.3. The molecular formula is C93H78Cl7FN12O20S4. The molecule has 4 fully saturated rings. The summed E-state index contributed by atoms with van der Waals surface area (Å²) in [5.74, 6) is -4.57. The average molecular weight is 2080 g/mol. The van der Waals surface area contributed by atoms with E-state index in [0.29, 0.717) is 94.1 Å². The normalized spacial score (nSPS) is 14.9. The highest BCUT2D eigenvalue weighted by atomic mass is 35.5. The highest BCUT2D eigenvalue weighted by Crippen LogP contribution is 2.36. The molecule has 0 atom stereocenters. The Labute approximate surface area is 820 Å². The van der Waals surface area contributed by atoms with Crippen LogP contribution in [0.4, 0.5) is 72.6 Å². The average Bonchev–Trinajstić information content (AvgIpc) is 0.803. The lowest BCUT2D eigenvalue weighted by Gasteiger charge is -2.28. The van der Waals surface area contributed by atoms with Crippen LogP contribution in [0.15, 0.2) is 261 Å². The second-order valence-corrected chi connectivity index (χ2v) is 40.8. The van der Waals surface area contributed by atoms with Gasteiger partial charge in [-0.1, -0.05) is 129 Å². The number of nitrogens with zero attached hydrogens (tertiary/aromatic N) is 4. The summed E-state index contributed by atoms with van der Waals surface area (Å²) in [6, 6.07) is 66.8. The largest absolute Gasteiger partial charge is 0.359 e. The number of anilines is 12. The highest BCUT2D eigenvalue weighted by Gasteiger charge is 2.33. The highest BCUT2D eigenvalue weighted by molar-refractivity contribution is 7.93. The molecule has 0 unspecified atom stereocenters. The molecule has 8 N–H and O–H groups in total. The fourth-order valence-electron chi connectivity index (χ4n) is 13.2. The van der Waals surface area contributed by atoms with Gasteiger partial charge in [-0.3, -0.25) is 38.4 Å². The fraction of sp³-hybridized carbons (Fsp3) is 0.140. The first-order valence-electron chi connectivity index (χ1n) is 40.8. The Morgan fingerprint density at radius 2 is 0.555 bits per heavy atom. The Balaban J connectivity index is 0.000000154. The summed E-state index contributed by atoms with van der Waals surface area (Å²) in [6.07, 6.45) is 0. The van der Waals surface area contributed by atoms with Crippen molar-refractivity contribution in [1.82, 2.24) is 0 Å². The predicted molar refractivity (Wildman–Crippen MR) is 529 cm³/mol. The van der Waals surface area contributed by atoms with Crippen molar-refractivity contribution in [3.05, 3.63) is 352 Å². The molecule has 0 radical (unpaired) electrons. The molecule has 16 rings (SSSR count). The topological polar surface area (TPSA) is 419 Å². The third kappa shape index (κ3) is 26.9. The lowest BCUT2D eigenvalue weighted by Crippen LogP contribution is -2.41. The van der Waals surface area contributed by atoms with Gasteiger partial charge in [0.2, 0.25) is 40.1 Å². The fourth-order valence-corrected chi connectivity index (χ4v) is 19.5. The molecular weight excluding hydrogens is 2000 g/mol. The van der Waals surface area contributed by atoms with Gasteiger partial charge in [-0.05, 0) is 225 Å². The zero-order valence-electron chi connectivity index (χ0n) is 71.4. The lowest BCUT2D eigenvalue weighted by molar-refractivity contribution is 0.101. The maximum atomic E-state index is 13.4. The van der Waals surface area contributed by atoms with Crippen LogP contribution >= 0.6 is 81.2 Å². The molecule has 4 aliphatic rings. The summed E-state index contributed by atoms with van der Waals surface area (Å²) in [7, 11) is -13.9. The van der Waals surface area contributed by atoms with E-state index in [0.717, 1.165) is 20.2 Å². The van der Waals surface area contributed by atoms with Crippen LogP contribution in [-0.4, -0.2) is 157 Å². The van der Waals surface area contributed by atoms with Gasteiger partial charge in [0, 0.05) is 61.2 Å². The molecule has 0 aromatic heterocycles. The molecule has 710 valence electrons. The van der Waals surface area contributed by atoms with Crippen molar-refractivity contribution < 1.29 is 95.4 Å². The van der Waals surface area contributed by atoms with Gasteiger partial charge in [-0.25, -0.2) is 55.3 Å². The first kappa shape index (κ1) is 102.